The molecule has 0 saturated carbocycles. The molecule has 6 heteroatoms. The van der Waals surface area contributed by atoms with Gasteiger partial charge in [-0.2, -0.15) is 0 Å². The molecular weight excluding hydrogens is 526 g/mol. The first kappa shape index (κ1) is 29.4. The van der Waals surface area contributed by atoms with E-state index < -0.39 is 5.92 Å². The molecule has 5 rings (SSSR count). The molecule has 218 valence electrons. The number of carbonyl (C=O) groups excluding carboxylic acids is 3. The lowest BCUT2D eigenvalue weighted by atomic mass is 9.98. The zero-order chi connectivity index (χ0) is 29.5. The van der Waals surface area contributed by atoms with Gasteiger partial charge in [0.2, 0.25) is 0 Å². The monoisotopic (exact) mass is 565 g/mol. The van der Waals surface area contributed by atoms with Crippen molar-refractivity contribution in [3.8, 4) is 5.75 Å². The minimum Gasteiger partial charge on any atom is -0.491 e. The third-order valence-corrected chi connectivity index (χ3v) is 8.25. The number of hydrogen-bond acceptors (Lipinski definition) is 6. The van der Waals surface area contributed by atoms with E-state index in [1.807, 2.05) is 60.7 Å². The smallest absolute Gasteiger partial charge is 0.305 e. The predicted molar refractivity (Wildman–Crippen MR) is 165 cm³/mol. The van der Waals surface area contributed by atoms with E-state index in [9.17, 15) is 14.4 Å². The van der Waals surface area contributed by atoms with Gasteiger partial charge in [0.1, 0.15) is 17.2 Å². The molecule has 1 unspecified atom stereocenters. The third-order valence-electron chi connectivity index (χ3n) is 8.25. The second kappa shape index (κ2) is 13.7. The van der Waals surface area contributed by atoms with E-state index in [2.05, 4.69) is 13.8 Å². The van der Waals surface area contributed by atoms with Crippen molar-refractivity contribution in [1.29, 1.82) is 0 Å². The number of nitrogens with zero attached hydrogens (tertiary/aromatic N) is 1. The second-order valence-corrected chi connectivity index (χ2v) is 11.2. The molecule has 0 amide bonds. The normalized spacial score (nSPS) is 14.0. The summed E-state index contributed by atoms with van der Waals surface area (Å²) < 4.78 is 11.6. The Kier molecular flexibility index (Phi) is 9.63. The average molecular weight is 566 g/mol. The van der Waals surface area contributed by atoms with Crippen LogP contribution in [0.2, 0.25) is 0 Å². The van der Waals surface area contributed by atoms with Gasteiger partial charge in [0.25, 0.3) is 0 Å². The van der Waals surface area contributed by atoms with Crippen LogP contribution in [0.5, 0.6) is 5.75 Å². The van der Waals surface area contributed by atoms with Crippen LogP contribution >= 0.6 is 0 Å². The number of ether oxygens (including phenoxy) is 2. The first-order valence-electron chi connectivity index (χ1n) is 15.3. The fourth-order valence-electron chi connectivity index (χ4n) is 5.67. The van der Waals surface area contributed by atoms with Gasteiger partial charge in [0.05, 0.1) is 18.9 Å². The standard InChI is InChI=1S/C36H39NO5/c1-3-5-12-24(4-2)23-42-32(38)17-7-6-10-20-41-31-16-11-15-25-18-19-30(37-34(25)31)33-35(39)28-21-26-13-8-9-14-27(26)22-29(28)36(33)40/h8-9,11,13-16,18-19,21-22,24,33H,3-7,10,12,17,20,23H2,1-2H3. The topological polar surface area (TPSA) is 82.6 Å². The number of unbranched alkanes of at least 4 members (excludes halogenated alkanes) is 3. The van der Waals surface area contributed by atoms with Gasteiger partial charge in [-0.15, -0.1) is 0 Å². The van der Waals surface area contributed by atoms with Crippen molar-refractivity contribution in [1.82, 2.24) is 4.98 Å². The fourth-order valence-corrected chi connectivity index (χ4v) is 5.67. The first-order chi connectivity index (χ1) is 20.5. The van der Waals surface area contributed by atoms with Crippen LogP contribution in [0, 0.1) is 5.92 Å². The molecule has 0 spiro atoms. The number of ketones is 2. The van der Waals surface area contributed by atoms with Gasteiger partial charge >= 0.3 is 5.97 Å². The fraction of sp³-hybridized carbons (Fsp3) is 0.389. The van der Waals surface area contributed by atoms with Crippen LogP contribution in [0.3, 0.4) is 0 Å². The summed E-state index contributed by atoms with van der Waals surface area (Å²) in [6, 6.07) is 20.7. The van der Waals surface area contributed by atoms with E-state index in [1.165, 1.54) is 6.42 Å². The third kappa shape index (κ3) is 6.53. The lowest BCUT2D eigenvalue weighted by Crippen LogP contribution is -2.14. The van der Waals surface area contributed by atoms with Crippen molar-refractivity contribution in [3.63, 3.8) is 0 Å². The lowest BCUT2D eigenvalue weighted by Gasteiger charge is -2.14. The van der Waals surface area contributed by atoms with Gasteiger partial charge in [-0.3, -0.25) is 14.4 Å². The summed E-state index contributed by atoms with van der Waals surface area (Å²) in [5.41, 5.74) is 1.99. The van der Waals surface area contributed by atoms with Gasteiger partial charge in [0, 0.05) is 22.9 Å². The largest absolute Gasteiger partial charge is 0.491 e. The molecule has 1 aliphatic rings. The summed E-state index contributed by atoms with van der Waals surface area (Å²) >= 11 is 0. The lowest BCUT2D eigenvalue weighted by molar-refractivity contribution is -0.145. The van der Waals surface area contributed by atoms with E-state index in [0.29, 0.717) is 53.6 Å². The number of pyridine rings is 1. The first-order valence-corrected chi connectivity index (χ1v) is 15.3. The molecule has 42 heavy (non-hydrogen) atoms. The van der Waals surface area contributed by atoms with E-state index in [4.69, 9.17) is 14.5 Å². The summed E-state index contributed by atoms with van der Waals surface area (Å²) in [5, 5.41) is 2.75. The molecule has 1 aromatic heterocycles. The molecule has 6 nitrogen and oxygen atoms in total. The van der Waals surface area contributed by atoms with Gasteiger partial charge in [-0.25, -0.2) is 4.98 Å². The van der Waals surface area contributed by atoms with Crippen molar-refractivity contribution in [2.24, 2.45) is 5.92 Å². The molecular formula is C36H39NO5. The predicted octanol–water partition coefficient (Wildman–Crippen LogP) is 8.25. The number of aromatic nitrogens is 1. The van der Waals surface area contributed by atoms with E-state index in [0.717, 1.165) is 54.7 Å². The molecule has 0 saturated heterocycles. The van der Waals surface area contributed by atoms with Crippen LogP contribution in [0.1, 0.15) is 97.5 Å². The Morgan fingerprint density at radius 3 is 2.24 bits per heavy atom. The summed E-state index contributed by atoms with van der Waals surface area (Å²) in [6.45, 7) is 5.33. The molecule has 0 fully saturated rings. The summed E-state index contributed by atoms with van der Waals surface area (Å²) in [5.74, 6) is -0.423. The Morgan fingerprint density at radius 1 is 0.833 bits per heavy atom. The second-order valence-electron chi connectivity index (χ2n) is 11.2. The van der Waals surface area contributed by atoms with Crippen LogP contribution in [0.25, 0.3) is 21.7 Å². The summed E-state index contributed by atoms with van der Waals surface area (Å²) in [7, 11) is 0. The van der Waals surface area contributed by atoms with Crippen LogP contribution in [0.4, 0.5) is 0 Å². The Hall–Kier alpha value is -4.06. The maximum atomic E-state index is 13.4. The van der Waals surface area contributed by atoms with E-state index in [1.54, 1.807) is 6.07 Å². The highest BCUT2D eigenvalue weighted by Gasteiger charge is 2.40. The number of fused-ring (bicyclic) bond motifs is 3. The minimum atomic E-state index is -0.951. The van der Waals surface area contributed by atoms with Gasteiger partial charge in [0.15, 0.2) is 11.6 Å². The van der Waals surface area contributed by atoms with Gasteiger partial charge in [-0.05, 0) is 66.6 Å². The van der Waals surface area contributed by atoms with Crippen LogP contribution < -0.4 is 4.74 Å². The van der Waals surface area contributed by atoms with E-state index in [-0.39, 0.29) is 17.5 Å². The maximum Gasteiger partial charge on any atom is 0.305 e. The highest BCUT2D eigenvalue weighted by molar-refractivity contribution is 6.30. The quantitative estimate of drug-likeness (QED) is 0.0870. The molecule has 0 bridgehead atoms. The van der Waals surface area contributed by atoms with Crippen molar-refractivity contribution in [2.75, 3.05) is 13.2 Å². The molecule has 1 heterocycles. The van der Waals surface area contributed by atoms with Crippen molar-refractivity contribution in [3.05, 3.63) is 83.6 Å². The molecule has 0 N–H and O–H groups in total. The molecule has 0 radical (unpaired) electrons. The number of para-hydroxylation sites is 1. The van der Waals surface area contributed by atoms with Crippen molar-refractivity contribution in [2.45, 2.75) is 71.1 Å². The Bertz CT molecular complexity index is 1540. The van der Waals surface area contributed by atoms with Crippen LogP contribution in [0.15, 0.2) is 66.7 Å². The Labute approximate surface area is 247 Å². The van der Waals surface area contributed by atoms with Gasteiger partial charge in [-0.1, -0.05) is 75.6 Å². The number of rotatable bonds is 14. The summed E-state index contributed by atoms with van der Waals surface area (Å²) in [4.78, 5) is 43.7. The minimum absolute atomic E-state index is 0.122. The maximum absolute atomic E-state index is 13.4. The average Bonchev–Trinajstić information content (AvgIpc) is 3.25. The molecule has 1 atom stereocenters. The van der Waals surface area contributed by atoms with Crippen molar-refractivity contribution >= 4 is 39.2 Å². The molecule has 1 aliphatic carbocycles. The SMILES string of the molecule is CCCCC(CC)COC(=O)CCCCCOc1cccc2ccc(C3C(=O)c4cc5ccccc5cc4C3=O)nc12. The highest BCUT2D eigenvalue weighted by atomic mass is 16.5. The van der Waals surface area contributed by atoms with Gasteiger partial charge < -0.3 is 9.47 Å². The number of Topliss-reactive ketones (excluding diaryl/α,β-unsaturated/α-hetero) is 2. The molecule has 3 aromatic carbocycles. The Balaban J connectivity index is 1.17. The number of benzene rings is 3. The van der Waals surface area contributed by atoms with Crippen LogP contribution in [-0.2, 0) is 9.53 Å². The summed E-state index contributed by atoms with van der Waals surface area (Å²) in [6.07, 6.45) is 7.30. The number of hydrogen-bond donors (Lipinski definition) is 0. The number of carbonyl (C=O) groups is 3. The zero-order valence-corrected chi connectivity index (χ0v) is 24.6. The Morgan fingerprint density at radius 2 is 1.55 bits per heavy atom. The number of esters is 1. The molecule has 4 aromatic rings. The zero-order valence-electron chi connectivity index (χ0n) is 24.6. The molecule has 0 aliphatic heterocycles. The van der Waals surface area contributed by atoms with E-state index >= 15 is 0 Å². The highest BCUT2D eigenvalue weighted by Crippen LogP contribution is 2.37. The van der Waals surface area contributed by atoms with Crippen molar-refractivity contribution < 1.29 is 23.9 Å². The van der Waals surface area contributed by atoms with Crippen LogP contribution in [-0.4, -0.2) is 35.7 Å².